The summed E-state index contributed by atoms with van der Waals surface area (Å²) in [6, 6.07) is 3.96. The highest BCUT2D eigenvalue weighted by Crippen LogP contribution is 2.27. The van der Waals surface area contributed by atoms with Gasteiger partial charge in [0.1, 0.15) is 5.82 Å². The third-order valence-electron chi connectivity index (χ3n) is 2.76. The molecule has 1 aliphatic rings. The van der Waals surface area contributed by atoms with Crippen LogP contribution in [-0.2, 0) is 0 Å². The van der Waals surface area contributed by atoms with Crippen molar-refractivity contribution in [3.63, 3.8) is 0 Å². The van der Waals surface area contributed by atoms with Crippen molar-refractivity contribution in [3.8, 4) is 0 Å². The Kier molecular flexibility index (Phi) is 3.71. The molecule has 2 rings (SSSR count). The summed E-state index contributed by atoms with van der Waals surface area (Å²) < 4.78 is 0. The molecule has 0 saturated heterocycles. The van der Waals surface area contributed by atoms with Crippen LogP contribution in [0.2, 0.25) is 5.02 Å². The Balaban J connectivity index is 2.04. The molecule has 0 bridgehead atoms. The van der Waals surface area contributed by atoms with Gasteiger partial charge >= 0.3 is 0 Å². The number of aromatic nitrogens is 1. The topological polar surface area (TPSA) is 24.9 Å². The zero-order valence-corrected chi connectivity index (χ0v) is 9.93. The predicted molar refractivity (Wildman–Crippen MR) is 64.8 cm³/mol. The molecule has 4 heteroatoms. The van der Waals surface area contributed by atoms with Gasteiger partial charge in [0.2, 0.25) is 0 Å². The molecule has 2 atom stereocenters. The minimum Gasteiger partial charge on any atom is -0.365 e. The van der Waals surface area contributed by atoms with Gasteiger partial charge in [0.25, 0.3) is 0 Å². The van der Waals surface area contributed by atoms with Crippen molar-refractivity contribution in [1.29, 1.82) is 0 Å². The van der Waals surface area contributed by atoms with E-state index in [9.17, 15) is 0 Å². The van der Waals surface area contributed by atoms with E-state index in [0.29, 0.717) is 11.1 Å². The van der Waals surface area contributed by atoms with E-state index >= 15 is 0 Å². The lowest BCUT2D eigenvalue weighted by Crippen LogP contribution is -2.33. The van der Waals surface area contributed by atoms with Crippen LogP contribution in [0.5, 0.6) is 0 Å². The molecule has 0 amide bonds. The third-order valence-corrected chi connectivity index (χ3v) is 3.59. The molecule has 1 aromatic rings. The van der Waals surface area contributed by atoms with E-state index in [2.05, 4.69) is 10.3 Å². The number of halogens is 2. The Morgan fingerprint density at radius 2 is 2.13 bits per heavy atom. The zero-order valence-electron chi connectivity index (χ0n) is 8.42. The first-order valence-corrected chi connectivity index (χ1v) is 6.10. The number of hydrogen-bond acceptors (Lipinski definition) is 2. The molecular formula is C11H14Cl2N2. The average Bonchev–Trinajstić information content (AvgIpc) is 2.24. The monoisotopic (exact) mass is 244 g/mol. The van der Waals surface area contributed by atoms with Crippen LogP contribution in [0.3, 0.4) is 0 Å². The molecule has 1 aromatic heterocycles. The SMILES string of the molecule is Clc1cccnc1NC1CCCCC1Cl. The standard InChI is InChI=1S/C11H14Cl2N2/c12-8-4-1-2-6-10(8)15-11-9(13)5-3-7-14-11/h3,5,7-8,10H,1-2,4,6H2,(H,14,15). The molecule has 15 heavy (non-hydrogen) atoms. The lowest BCUT2D eigenvalue weighted by Gasteiger charge is -2.28. The van der Waals surface area contributed by atoms with Crippen molar-refractivity contribution in [1.82, 2.24) is 4.98 Å². The van der Waals surface area contributed by atoms with Gasteiger partial charge in [-0.2, -0.15) is 0 Å². The normalized spacial score (nSPS) is 26.3. The van der Waals surface area contributed by atoms with Crippen LogP contribution < -0.4 is 5.32 Å². The quantitative estimate of drug-likeness (QED) is 0.803. The minimum absolute atomic E-state index is 0.192. The van der Waals surface area contributed by atoms with Crippen molar-refractivity contribution in [2.45, 2.75) is 37.1 Å². The molecular weight excluding hydrogens is 231 g/mol. The number of rotatable bonds is 2. The second-order valence-electron chi connectivity index (χ2n) is 3.89. The summed E-state index contributed by atoms with van der Waals surface area (Å²) >= 11 is 12.3. The van der Waals surface area contributed by atoms with Crippen LogP contribution in [0.15, 0.2) is 18.3 Å². The highest BCUT2D eigenvalue weighted by Gasteiger charge is 2.23. The zero-order chi connectivity index (χ0) is 10.7. The fraction of sp³-hybridized carbons (Fsp3) is 0.545. The Morgan fingerprint density at radius 3 is 2.87 bits per heavy atom. The van der Waals surface area contributed by atoms with Crippen LogP contribution in [0, 0.1) is 0 Å². The number of pyridine rings is 1. The van der Waals surface area contributed by atoms with E-state index in [4.69, 9.17) is 23.2 Å². The second-order valence-corrected chi connectivity index (χ2v) is 4.85. The molecule has 0 spiro atoms. The Bertz CT molecular complexity index is 330. The maximum absolute atomic E-state index is 6.25. The van der Waals surface area contributed by atoms with Gasteiger partial charge < -0.3 is 5.32 Å². The molecule has 0 radical (unpaired) electrons. The fourth-order valence-corrected chi connectivity index (χ4v) is 2.44. The Hall–Kier alpha value is -0.470. The first kappa shape index (κ1) is 11.0. The summed E-state index contributed by atoms with van der Waals surface area (Å²) in [7, 11) is 0. The van der Waals surface area contributed by atoms with Crippen molar-refractivity contribution in [2.75, 3.05) is 5.32 Å². The van der Waals surface area contributed by atoms with Crippen molar-refractivity contribution < 1.29 is 0 Å². The van der Waals surface area contributed by atoms with Crippen molar-refractivity contribution >= 4 is 29.0 Å². The second kappa shape index (κ2) is 5.04. The third kappa shape index (κ3) is 2.76. The van der Waals surface area contributed by atoms with Crippen LogP contribution >= 0.6 is 23.2 Å². The molecule has 1 N–H and O–H groups in total. The van der Waals surface area contributed by atoms with Gasteiger partial charge in [-0.25, -0.2) is 4.98 Å². The smallest absolute Gasteiger partial charge is 0.145 e. The number of anilines is 1. The van der Waals surface area contributed by atoms with E-state index in [1.165, 1.54) is 12.8 Å². The van der Waals surface area contributed by atoms with Gasteiger partial charge in [0.15, 0.2) is 0 Å². The van der Waals surface area contributed by atoms with E-state index < -0.39 is 0 Å². The first-order valence-electron chi connectivity index (χ1n) is 5.28. The summed E-state index contributed by atoms with van der Waals surface area (Å²) in [5, 5.41) is 4.17. The van der Waals surface area contributed by atoms with E-state index in [1.54, 1.807) is 6.20 Å². The molecule has 2 nitrogen and oxygen atoms in total. The lowest BCUT2D eigenvalue weighted by atomic mass is 9.95. The molecule has 2 unspecified atom stereocenters. The van der Waals surface area contributed by atoms with Crippen LogP contribution in [0.4, 0.5) is 5.82 Å². The average molecular weight is 245 g/mol. The van der Waals surface area contributed by atoms with Crippen molar-refractivity contribution in [3.05, 3.63) is 23.4 Å². The van der Waals surface area contributed by atoms with Gasteiger partial charge in [-0.05, 0) is 25.0 Å². The molecule has 82 valence electrons. The Morgan fingerprint density at radius 1 is 1.33 bits per heavy atom. The van der Waals surface area contributed by atoms with Gasteiger partial charge in [-0.1, -0.05) is 24.4 Å². The molecule has 0 aliphatic heterocycles. The lowest BCUT2D eigenvalue weighted by molar-refractivity contribution is 0.468. The van der Waals surface area contributed by atoms with E-state index in [0.717, 1.165) is 18.7 Å². The van der Waals surface area contributed by atoms with Gasteiger partial charge in [-0.15, -0.1) is 11.6 Å². The summed E-state index contributed by atoms with van der Waals surface area (Å²) in [4.78, 5) is 4.21. The number of hydrogen-bond donors (Lipinski definition) is 1. The maximum Gasteiger partial charge on any atom is 0.145 e. The molecule has 1 saturated carbocycles. The van der Waals surface area contributed by atoms with E-state index in [-0.39, 0.29) is 5.38 Å². The molecule has 1 aliphatic carbocycles. The molecule has 1 heterocycles. The summed E-state index contributed by atoms with van der Waals surface area (Å²) in [5.41, 5.74) is 0. The fourth-order valence-electron chi connectivity index (χ4n) is 1.92. The summed E-state index contributed by atoms with van der Waals surface area (Å²) in [6.45, 7) is 0. The highest BCUT2D eigenvalue weighted by molar-refractivity contribution is 6.32. The number of nitrogens with zero attached hydrogens (tertiary/aromatic N) is 1. The predicted octanol–water partition coefficient (Wildman–Crippen LogP) is 3.70. The van der Waals surface area contributed by atoms with Crippen LogP contribution in [0.1, 0.15) is 25.7 Å². The van der Waals surface area contributed by atoms with Crippen LogP contribution in [0.25, 0.3) is 0 Å². The van der Waals surface area contributed by atoms with Crippen molar-refractivity contribution in [2.24, 2.45) is 0 Å². The van der Waals surface area contributed by atoms with Gasteiger partial charge in [0.05, 0.1) is 10.4 Å². The van der Waals surface area contributed by atoms with Crippen LogP contribution in [-0.4, -0.2) is 16.4 Å². The van der Waals surface area contributed by atoms with E-state index in [1.807, 2.05) is 12.1 Å². The minimum atomic E-state index is 0.192. The number of nitrogens with one attached hydrogen (secondary N) is 1. The largest absolute Gasteiger partial charge is 0.365 e. The first-order chi connectivity index (χ1) is 7.27. The molecule has 0 aromatic carbocycles. The maximum atomic E-state index is 6.25. The molecule has 1 fully saturated rings. The van der Waals surface area contributed by atoms with Gasteiger partial charge in [-0.3, -0.25) is 0 Å². The summed E-state index contributed by atoms with van der Waals surface area (Å²) in [6.07, 6.45) is 6.36. The summed E-state index contributed by atoms with van der Waals surface area (Å²) in [5.74, 6) is 0.747. The Labute approximate surface area is 100.0 Å². The highest BCUT2D eigenvalue weighted by atomic mass is 35.5. The van der Waals surface area contributed by atoms with Gasteiger partial charge in [0, 0.05) is 12.2 Å². The number of alkyl halides is 1.